The van der Waals surface area contributed by atoms with Crippen LogP contribution in [0.25, 0.3) is 5.69 Å². The van der Waals surface area contributed by atoms with E-state index in [2.05, 4.69) is 21.9 Å². The zero-order valence-corrected chi connectivity index (χ0v) is 13.8. The molecule has 0 atom stereocenters. The van der Waals surface area contributed by atoms with Crippen LogP contribution in [0.2, 0.25) is 0 Å². The molecule has 0 fully saturated rings. The molecule has 0 aliphatic rings. The van der Waals surface area contributed by atoms with Gasteiger partial charge in [0.2, 0.25) is 0 Å². The van der Waals surface area contributed by atoms with E-state index in [1.165, 1.54) is 22.5 Å². The zero-order chi connectivity index (χ0) is 16.9. The summed E-state index contributed by atoms with van der Waals surface area (Å²) in [4.78, 5) is 0. The third kappa shape index (κ3) is 3.39. The Labute approximate surface area is 143 Å². The van der Waals surface area contributed by atoms with E-state index in [-0.39, 0.29) is 5.82 Å². The van der Waals surface area contributed by atoms with Gasteiger partial charge in [-0.25, -0.2) is 9.07 Å². The molecule has 0 saturated carbocycles. The number of nitrogens with two attached hydrogens (primary N) is 1. The van der Waals surface area contributed by atoms with Gasteiger partial charge in [0.05, 0.1) is 12.7 Å². The van der Waals surface area contributed by atoms with Gasteiger partial charge < -0.3 is 10.3 Å². The van der Waals surface area contributed by atoms with Crippen LogP contribution in [0.3, 0.4) is 0 Å². The third-order valence-electron chi connectivity index (χ3n) is 3.39. The molecule has 2 aromatic heterocycles. The molecule has 2 heterocycles. The lowest BCUT2D eigenvalue weighted by atomic mass is 10.3. The average Bonchev–Trinajstić information content (AvgIpc) is 3.21. The Bertz CT molecular complexity index is 841. The van der Waals surface area contributed by atoms with Crippen LogP contribution in [0.5, 0.6) is 0 Å². The Kier molecular flexibility index (Phi) is 5.07. The Morgan fingerprint density at radius 3 is 2.88 bits per heavy atom. The number of hydrogen-bond donors (Lipinski definition) is 1. The summed E-state index contributed by atoms with van der Waals surface area (Å²) < 4.78 is 17.3. The number of rotatable bonds is 7. The highest BCUT2D eigenvalue weighted by Crippen LogP contribution is 2.22. The van der Waals surface area contributed by atoms with E-state index in [0.29, 0.717) is 24.5 Å². The van der Waals surface area contributed by atoms with E-state index in [1.807, 2.05) is 10.8 Å². The van der Waals surface area contributed by atoms with Gasteiger partial charge in [0, 0.05) is 24.1 Å². The van der Waals surface area contributed by atoms with Crippen LogP contribution in [-0.2, 0) is 18.8 Å². The van der Waals surface area contributed by atoms with Crippen molar-refractivity contribution in [2.75, 3.05) is 0 Å². The molecule has 0 aliphatic carbocycles. The number of para-hydroxylation sites is 1. The van der Waals surface area contributed by atoms with E-state index < -0.39 is 0 Å². The Morgan fingerprint density at radius 2 is 2.12 bits per heavy atom. The van der Waals surface area contributed by atoms with Gasteiger partial charge in [0.1, 0.15) is 17.3 Å². The monoisotopic (exact) mass is 344 g/mol. The molecule has 0 radical (unpaired) electrons. The van der Waals surface area contributed by atoms with Gasteiger partial charge >= 0.3 is 0 Å². The first-order valence-electron chi connectivity index (χ1n) is 7.37. The van der Waals surface area contributed by atoms with Gasteiger partial charge in [-0.1, -0.05) is 30.0 Å². The number of halogens is 1. The van der Waals surface area contributed by atoms with Crippen LogP contribution < -0.4 is 5.73 Å². The molecule has 3 rings (SSSR count). The number of aromatic nitrogens is 5. The number of hydrogen-bond acceptors (Lipinski definition) is 5. The highest BCUT2D eigenvalue weighted by atomic mass is 32.2. The lowest BCUT2D eigenvalue weighted by molar-refractivity contribution is 0.611. The lowest BCUT2D eigenvalue weighted by Gasteiger charge is -2.05. The number of nitrogens with zero attached hydrogens (tertiary/aromatic N) is 5. The SMILES string of the molecule is C=CCn1c(CN)nnc1SCc1cnn(-c2ccccc2F)c1. The molecule has 0 unspecified atom stereocenters. The summed E-state index contributed by atoms with van der Waals surface area (Å²) in [6.07, 6.45) is 5.31. The fourth-order valence-electron chi connectivity index (χ4n) is 2.24. The maximum atomic E-state index is 13.8. The molecule has 0 saturated heterocycles. The molecule has 24 heavy (non-hydrogen) atoms. The molecule has 0 spiro atoms. The second kappa shape index (κ2) is 7.41. The van der Waals surface area contributed by atoms with Gasteiger partial charge in [-0.15, -0.1) is 16.8 Å². The van der Waals surface area contributed by atoms with E-state index >= 15 is 0 Å². The van der Waals surface area contributed by atoms with Crippen molar-refractivity contribution in [3.8, 4) is 5.69 Å². The Morgan fingerprint density at radius 1 is 1.29 bits per heavy atom. The minimum absolute atomic E-state index is 0.307. The minimum Gasteiger partial charge on any atom is -0.324 e. The first-order valence-corrected chi connectivity index (χ1v) is 8.35. The molecule has 1 aromatic carbocycles. The van der Waals surface area contributed by atoms with Crippen molar-refractivity contribution in [1.29, 1.82) is 0 Å². The minimum atomic E-state index is -0.307. The predicted molar refractivity (Wildman–Crippen MR) is 91.2 cm³/mol. The highest BCUT2D eigenvalue weighted by molar-refractivity contribution is 7.98. The lowest BCUT2D eigenvalue weighted by Crippen LogP contribution is -2.08. The summed E-state index contributed by atoms with van der Waals surface area (Å²) in [6.45, 7) is 4.67. The molecular formula is C16H17FN6S. The van der Waals surface area contributed by atoms with Crippen molar-refractivity contribution in [3.63, 3.8) is 0 Å². The highest BCUT2D eigenvalue weighted by Gasteiger charge is 2.12. The van der Waals surface area contributed by atoms with Crippen molar-refractivity contribution in [1.82, 2.24) is 24.5 Å². The van der Waals surface area contributed by atoms with Crippen LogP contribution in [0.15, 0.2) is 54.5 Å². The Hall–Kier alpha value is -2.45. The molecule has 0 bridgehead atoms. The molecule has 0 amide bonds. The normalized spacial score (nSPS) is 10.9. The molecule has 2 N–H and O–H groups in total. The summed E-state index contributed by atoms with van der Waals surface area (Å²) in [5.74, 6) is 1.06. The van der Waals surface area contributed by atoms with Gasteiger partial charge in [0.25, 0.3) is 0 Å². The summed E-state index contributed by atoms with van der Waals surface area (Å²) in [5, 5.41) is 13.2. The van der Waals surface area contributed by atoms with Crippen LogP contribution in [0.1, 0.15) is 11.4 Å². The first-order chi connectivity index (χ1) is 11.7. The van der Waals surface area contributed by atoms with Crippen molar-refractivity contribution in [3.05, 3.63) is 66.5 Å². The van der Waals surface area contributed by atoms with E-state index in [4.69, 9.17) is 5.73 Å². The topological polar surface area (TPSA) is 74.6 Å². The molecule has 8 heteroatoms. The Balaban J connectivity index is 1.73. The van der Waals surface area contributed by atoms with Crippen molar-refractivity contribution in [2.45, 2.75) is 24.0 Å². The van der Waals surface area contributed by atoms with Gasteiger partial charge in [-0.05, 0) is 12.1 Å². The summed E-state index contributed by atoms with van der Waals surface area (Å²) in [5.41, 5.74) is 7.06. The first kappa shape index (κ1) is 16.4. The summed E-state index contributed by atoms with van der Waals surface area (Å²) in [7, 11) is 0. The third-order valence-corrected chi connectivity index (χ3v) is 4.43. The maximum absolute atomic E-state index is 13.8. The average molecular weight is 344 g/mol. The van der Waals surface area contributed by atoms with Crippen molar-refractivity contribution in [2.24, 2.45) is 5.73 Å². The number of benzene rings is 1. The molecule has 6 nitrogen and oxygen atoms in total. The van der Waals surface area contributed by atoms with E-state index in [0.717, 1.165) is 16.5 Å². The van der Waals surface area contributed by atoms with Gasteiger partial charge in [0.15, 0.2) is 5.16 Å². The van der Waals surface area contributed by atoms with Crippen molar-refractivity contribution < 1.29 is 4.39 Å². The number of allylic oxidation sites excluding steroid dienone is 1. The van der Waals surface area contributed by atoms with Crippen LogP contribution in [0, 0.1) is 5.82 Å². The molecule has 0 aliphatic heterocycles. The summed E-state index contributed by atoms with van der Waals surface area (Å²) in [6, 6.07) is 6.53. The van der Waals surface area contributed by atoms with Gasteiger partial charge in [-0.3, -0.25) is 0 Å². The quantitative estimate of drug-likeness (QED) is 0.527. The van der Waals surface area contributed by atoms with E-state index in [9.17, 15) is 4.39 Å². The predicted octanol–water partition coefficient (Wildman–Crippen LogP) is 2.54. The largest absolute Gasteiger partial charge is 0.324 e. The van der Waals surface area contributed by atoms with E-state index in [1.54, 1.807) is 30.5 Å². The second-order valence-electron chi connectivity index (χ2n) is 5.04. The van der Waals surface area contributed by atoms with Crippen LogP contribution >= 0.6 is 11.8 Å². The second-order valence-corrected chi connectivity index (χ2v) is 5.98. The standard InChI is InChI=1S/C16H17FN6S/c1-2-7-22-15(8-18)20-21-16(22)24-11-12-9-19-23(10-12)14-6-4-3-5-13(14)17/h2-6,9-10H,1,7-8,11,18H2. The van der Waals surface area contributed by atoms with Crippen LogP contribution in [0.4, 0.5) is 4.39 Å². The summed E-state index contributed by atoms with van der Waals surface area (Å²) >= 11 is 1.53. The van der Waals surface area contributed by atoms with Gasteiger partial charge in [-0.2, -0.15) is 5.10 Å². The van der Waals surface area contributed by atoms with Crippen molar-refractivity contribution >= 4 is 11.8 Å². The smallest absolute Gasteiger partial charge is 0.191 e. The van der Waals surface area contributed by atoms with Crippen LogP contribution in [-0.4, -0.2) is 24.5 Å². The fraction of sp³-hybridized carbons (Fsp3) is 0.188. The molecule has 124 valence electrons. The maximum Gasteiger partial charge on any atom is 0.191 e. The number of thioether (sulfide) groups is 1. The molecular weight excluding hydrogens is 327 g/mol. The zero-order valence-electron chi connectivity index (χ0n) is 13.0. The molecule has 3 aromatic rings. The fourth-order valence-corrected chi connectivity index (χ4v) is 3.12.